The summed E-state index contributed by atoms with van der Waals surface area (Å²) in [6.07, 6.45) is 5.27. The fourth-order valence-electron chi connectivity index (χ4n) is 2.05. The minimum absolute atomic E-state index is 0.242. The second-order valence-electron chi connectivity index (χ2n) is 3.88. The van der Waals surface area contributed by atoms with E-state index in [-0.39, 0.29) is 5.91 Å². The Morgan fingerprint density at radius 3 is 2.92 bits per heavy atom. The van der Waals surface area contributed by atoms with Crippen LogP contribution in [-0.2, 0) is 4.79 Å². The van der Waals surface area contributed by atoms with Gasteiger partial charge in [-0.15, -0.1) is 0 Å². The fraction of sp³-hybridized carbons (Fsp3) is 0.889. The zero-order valence-electron chi connectivity index (χ0n) is 7.55. The second kappa shape index (κ2) is 4.45. The number of hydrogen-bond donors (Lipinski definition) is 2. The smallest absolute Gasteiger partial charge is 0.243 e. The average molecular weight is 171 g/mol. The third-order valence-corrected chi connectivity index (χ3v) is 2.64. The van der Waals surface area contributed by atoms with Gasteiger partial charge in [-0.25, -0.2) is 5.48 Å². The zero-order valence-corrected chi connectivity index (χ0v) is 7.55. The van der Waals surface area contributed by atoms with Crippen LogP contribution in [0.5, 0.6) is 0 Å². The van der Waals surface area contributed by atoms with E-state index in [0.29, 0.717) is 12.3 Å². The minimum Gasteiger partial charge on any atom is -0.289 e. The molecule has 1 aliphatic rings. The Morgan fingerprint density at radius 2 is 2.33 bits per heavy atom. The molecule has 0 aromatic rings. The van der Waals surface area contributed by atoms with Crippen LogP contribution in [-0.4, -0.2) is 11.1 Å². The number of hydroxylamine groups is 1. The van der Waals surface area contributed by atoms with E-state index in [1.54, 1.807) is 5.48 Å². The first-order valence-corrected chi connectivity index (χ1v) is 4.65. The molecule has 2 unspecified atom stereocenters. The monoisotopic (exact) mass is 171 g/mol. The maximum absolute atomic E-state index is 10.8. The van der Waals surface area contributed by atoms with Crippen LogP contribution in [0, 0.1) is 11.8 Å². The van der Waals surface area contributed by atoms with Crippen molar-refractivity contribution >= 4 is 5.91 Å². The molecule has 1 saturated carbocycles. The van der Waals surface area contributed by atoms with Crippen molar-refractivity contribution in [3.63, 3.8) is 0 Å². The Kier molecular flexibility index (Phi) is 3.53. The Hall–Kier alpha value is -0.570. The van der Waals surface area contributed by atoms with Crippen molar-refractivity contribution in [2.45, 2.75) is 39.0 Å². The lowest BCUT2D eigenvalue weighted by Crippen LogP contribution is -2.24. The third-order valence-electron chi connectivity index (χ3n) is 2.64. The van der Waals surface area contributed by atoms with E-state index in [9.17, 15) is 4.79 Å². The maximum atomic E-state index is 10.8. The topological polar surface area (TPSA) is 49.3 Å². The molecule has 3 heteroatoms. The van der Waals surface area contributed by atoms with E-state index in [1.807, 2.05) is 0 Å². The molecule has 2 atom stereocenters. The van der Waals surface area contributed by atoms with Gasteiger partial charge in [-0.1, -0.05) is 19.8 Å². The molecule has 0 radical (unpaired) electrons. The van der Waals surface area contributed by atoms with Gasteiger partial charge in [0.1, 0.15) is 0 Å². The zero-order chi connectivity index (χ0) is 8.97. The van der Waals surface area contributed by atoms with E-state index >= 15 is 0 Å². The second-order valence-corrected chi connectivity index (χ2v) is 3.88. The van der Waals surface area contributed by atoms with Crippen LogP contribution >= 0.6 is 0 Å². The predicted octanol–water partition coefficient (Wildman–Crippen LogP) is 1.71. The van der Waals surface area contributed by atoms with Crippen LogP contribution in [0.1, 0.15) is 39.0 Å². The molecule has 0 aromatic heterocycles. The average Bonchev–Trinajstić information content (AvgIpc) is 2.04. The van der Waals surface area contributed by atoms with Crippen molar-refractivity contribution < 1.29 is 10.0 Å². The van der Waals surface area contributed by atoms with Crippen molar-refractivity contribution in [3.05, 3.63) is 0 Å². The van der Waals surface area contributed by atoms with Crippen LogP contribution in [0.15, 0.2) is 0 Å². The number of nitrogens with one attached hydrogen (secondary N) is 1. The minimum atomic E-state index is -0.242. The molecule has 12 heavy (non-hydrogen) atoms. The fourth-order valence-corrected chi connectivity index (χ4v) is 2.05. The first-order valence-electron chi connectivity index (χ1n) is 4.65. The number of amides is 1. The highest BCUT2D eigenvalue weighted by atomic mass is 16.5. The van der Waals surface area contributed by atoms with E-state index < -0.39 is 0 Å². The first-order chi connectivity index (χ1) is 5.72. The molecule has 0 aromatic carbocycles. The van der Waals surface area contributed by atoms with Crippen molar-refractivity contribution in [3.8, 4) is 0 Å². The van der Waals surface area contributed by atoms with Gasteiger partial charge in [0, 0.05) is 6.42 Å². The summed E-state index contributed by atoms with van der Waals surface area (Å²) in [4.78, 5) is 10.8. The number of carbonyl (C=O) groups excluding carboxylic acids is 1. The number of rotatable bonds is 2. The van der Waals surface area contributed by atoms with Gasteiger partial charge in [0.25, 0.3) is 0 Å². The molecular weight excluding hydrogens is 154 g/mol. The largest absolute Gasteiger partial charge is 0.289 e. The Labute approximate surface area is 73.1 Å². The van der Waals surface area contributed by atoms with E-state index in [4.69, 9.17) is 5.21 Å². The molecule has 3 nitrogen and oxygen atoms in total. The summed E-state index contributed by atoms with van der Waals surface area (Å²) >= 11 is 0. The molecule has 1 rings (SSSR count). The quantitative estimate of drug-likeness (QED) is 0.491. The van der Waals surface area contributed by atoms with Gasteiger partial charge in [-0.2, -0.15) is 0 Å². The summed E-state index contributed by atoms with van der Waals surface area (Å²) in [5.74, 6) is 0.991. The molecule has 1 aliphatic carbocycles. The molecule has 1 amide bonds. The summed E-state index contributed by atoms with van der Waals surface area (Å²) in [5.41, 5.74) is 1.69. The Morgan fingerprint density at radius 1 is 1.58 bits per heavy atom. The summed E-state index contributed by atoms with van der Waals surface area (Å²) < 4.78 is 0. The van der Waals surface area contributed by atoms with E-state index in [0.717, 1.165) is 18.8 Å². The van der Waals surface area contributed by atoms with Gasteiger partial charge in [0.05, 0.1) is 0 Å². The summed E-state index contributed by atoms with van der Waals surface area (Å²) in [6, 6.07) is 0. The van der Waals surface area contributed by atoms with Crippen LogP contribution in [0.4, 0.5) is 0 Å². The molecule has 70 valence electrons. The van der Waals surface area contributed by atoms with Gasteiger partial charge in [-0.3, -0.25) is 10.0 Å². The first kappa shape index (κ1) is 9.52. The molecule has 1 fully saturated rings. The van der Waals surface area contributed by atoms with Crippen molar-refractivity contribution in [1.29, 1.82) is 0 Å². The third kappa shape index (κ3) is 2.81. The lowest BCUT2D eigenvalue weighted by atomic mass is 9.81. The van der Waals surface area contributed by atoms with Gasteiger partial charge in [0.15, 0.2) is 0 Å². The van der Waals surface area contributed by atoms with Crippen LogP contribution < -0.4 is 5.48 Å². The van der Waals surface area contributed by atoms with Crippen molar-refractivity contribution in [2.75, 3.05) is 0 Å². The van der Waals surface area contributed by atoms with E-state index in [1.165, 1.54) is 12.8 Å². The Bertz CT molecular complexity index is 159. The van der Waals surface area contributed by atoms with Crippen LogP contribution in [0.25, 0.3) is 0 Å². The normalized spacial score (nSPS) is 29.8. The molecule has 0 spiro atoms. The van der Waals surface area contributed by atoms with Gasteiger partial charge in [0.2, 0.25) is 5.91 Å². The lowest BCUT2D eigenvalue weighted by Gasteiger charge is -2.25. The van der Waals surface area contributed by atoms with Crippen LogP contribution in [0.2, 0.25) is 0 Å². The molecule has 0 bridgehead atoms. The lowest BCUT2D eigenvalue weighted by molar-refractivity contribution is -0.130. The molecule has 0 aliphatic heterocycles. The predicted molar refractivity (Wildman–Crippen MR) is 45.7 cm³/mol. The SMILES string of the molecule is CC1CCCC(CC(=O)NO)C1. The summed E-state index contributed by atoms with van der Waals surface area (Å²) in [5, 5.41) is 8.33. The highest BCUT2D eigenvalue weighted by molar-refractivity contribution is 5.74. The van der Waals surface area contributed by atoms with E-state index in [2.05, 4.69) is 6.92 Å². The van der Waals surface area contributed by atoms with Crippen molar-refractivity contribution in [1.82, 2.24) is 5.48 Å². The molecular formula is C9H17NO2. The van der Waals surface area contributed by atoms with Crippen molar-refractivity contribution in [2.24, 2.45) is 11.8 Å². The molecule has 0 saturated heterocycles. The highest BCUT2D eigenvalue weighted by Crippen LogP contribution is 2.30. The molecule has 2 N–H and O–H groups in total. The van der Waals surface area contributed by atoms with Gasteiger partial charge in [-0.05, 0) is 24.7 Å². The Balaban J connectivity index is 2.27. The number of hydrogen-bond acceptors (Lipinski definition) is 2. The number of carbonyl (C=O) groups is 1. The standard InChI is InChI=1S/C9H17NO2/c1-7-3-2-4-8(5-7)6-9(11)10-12/h7-8,12H,2-6H2,1H3,(H,10,11). The van der Waals surface area contributed by atoms with Gasteiger partial charge < -0.3 is 0 Å². The highest BCUT2D eigenvalue weighted by Gasteiger charge is 2.20. The maximum Gasteiger partial charge on any atom is 0.243 e. The summed E-state index contributed by atoms with van der Waals surface area (Å²) in [7, 11) is 0. The van der Waals surface area contributed by atoms with Gasteiger partial charge >= 0.3 is 0 Å². The summed E-state index contributed by atoms with van der Waals surface area (Å²) in [6.45, 7) is 2.23. The van der Waals surface area contributed by atoms with Crippen LogP contribution in [0.3, 0.4) is 0 Å². The molecule has 0 heterocycles.